The van der Waals surface area contributed by atoms with Crippen LogP contribution in [0.25, 0.3) is 0 Å². The number of nitrogens with zero attached hydrogens (tertiary/aromatic N) is 3. The second-order valence-corrected chi connectivity index (χ2v) is 4.72. The van der Waals surface area contributed by atoms with Crippen molar-refractivity contribution in [3.8, 4) is 0 Å². The number of rotatable bonds is 3. The number of amidine groups is 1. The summed E-state index contributed by atoms with van der Waals surface area (Å²) in [6.45, 7) is 3.85. The first kappa shape index (κ1) is 10.5. The van der Waals surface area contributed by atoms with Crippen LogP contribution in [0.2, 0.25) is 0 Å². The maximum absolute atomic E-state index is 4.52. The van der Waals surface area contributed by atoms with E-state index in [1.807, 2.05) is 28.7 Å². The van der Waals surface area contributed by atoms with Crippen molar-refractivity contribution >= 4 is 16.9 Å². The summed E-state index contributed by atoms with van der Waals surface area (Å²) in [7, 11) is 0. The van der Waals surface area contributed by atoms with Crippen LogP contribution in [-0.4, -0.2) is 33.3 Å². The standard InChI is InChI=1S/C10H16N4S/c1-9-3-8-15-10(13-9)11-5-7-14-6-2-4-12-14/h2,4,6,9H,3,5,7-8H2,1H3,(H,11,13). The van der Waals surface area contributed by atoms with Gasteiger partial charge in [0.1, 0.15) is 0 Å². The minimum atomic E-state index is 0.565. The van der Waals surface area contributed by atoms with Gasteiger partial charge in [-0.25, -0.2) is 0 Å². The summed E-state index contributed by atoms with van der Waals surface area (Å²) in [5.41, 5.74) is 0. The van der Waals surface area contributed by atoms with E-state index in [2.05, 4.69) is 22.3 Å². The summed E-state index contributed by atoms with van der Waals surface area (Å²) < 4.78 is 1.90. The Hall–Kier alpha value is -0.970. The first-order valence-corrected chi connectivity index (χ1v) is 6.24. The van der Waals surface area contributed by atoms with Gasteiger partial charge in [0, 0.05) is 24.2 Å². The van der Waals surface area contributed by atoms with Gasteiger partial charge in [0.25, 0.3) is 0 Å². The van der Waals surface area contributed by atoms with E-state index in [1.165, 1.54) is 12.2 Å². The van der Waals surface area contributed by atoms with Crippen LogP contribution in [0.1, 0.15) is 13.3 Å². The van der Waals surface area contributed by atoms with Crippen LogP contribution in [0.15, 0.2) is 23.5 Å². The van der Waals surface area contributed by atoms with Gasteiger partial charge in [-0.1, -0.05) is 11.8 Å². The van der Waals surface area contributed by atoms with Crippen LogP contribution in [-0.2, 0) is 6.54 Å². The lowest BCUT2D eigenvalue weighted by atomic mass is 10.3. The molecule has 0 bridgehead atoms. The number of thioether (sulfide) groups is 1. The van der Waals surface area contributed by atoms with Gasteiger partial charge in [-0.3, -0.25) is 9.67 Å². The van der Waals surface area contributed by atoms with Gasteiger partial charge in [0.15, 0.2) is 5.17 Å². The molecule has 1 saturated heterocycles. The molecule has 0 amide bonds. The number of nitrogens with one attached hydrogen (secondary N) is 1. The molecule has 2 rings (SSSR count). The molecule has 0 aliphatic carbocycles. The van der Waals surface area contributed by atoms with Crippen molar-refractivity contribution in [2.75, 3.05) is 12.3 Å². The van der Waals surface area contributed by atoms with E-state index in [4.69, 9.17) is 0 Å². The number of aliphatic imine (C=N–C) groups is 1. The zero-order valence-corrected chi connectivity index (χ0v) is 9.70. The summed E-state index contributed by atoms with van der Waals surface area (Å²) in [5, 5.41) is 8.60. The number of hydrogen-bond acceptors (Lipinski definition) is 3. The van der Waals surface area contributed by atoms with E-state index in [0.29, 0.717) is 6.04 Å². The molecular formula is C10H16N4S. The third-order valence-corrected chi connectivity index (χ3v) is 3.26. The first-order chi connectivity index (χ1) is 7.34. The Morgan fingerprint density at radius 3 is 3.40 bits per heavy atom. The molecule has 1 aromatic rings. The second kappa shape index (κ2) is 5.21. The molecule has 0 aromatic carbocycles. The highest BCUT2D eigenvalue weighted by molar-refractivity contribution is 8.13. The van der Waals surface area contributed by atoms with E-state index in [0.717, 1.165) is 18.3 Å². The molecule has 1 fully saturated rings. The molecule has 15 heavy (non-hydrogen) atoms. The molecule has 1 aromatic heterocycles. The highest BCUT2D eigenvalue weighted by Crippen LogP contribution is 2.13. The Labute approximate surface area is 94.2 Å². The Balaban J connectivity index is 1.78. The number of aromatic nitrogens is 2. The van der Waals surface area contributed by atoms with Crippen LogP contribution < -0.4 is 5.32 Å². The van der Waals surface area contributed by atoms with Crippen LogP contribution in [0.4, 0.5) is 0 Å². The fourth-order valence-electron chi connectivity index (χ4n) is 1.44. The molecule has 1 N–H and O–H groups in total. The summed E-state index contributed by atoms with van der Waals surface area (Å²) in [5.74, 6) is 1.18. The third-order valence-electron chi connectivity index (χ3n) is 2.30. The normalized spacial score (nSPS) is 24.1. The van der Waals surface area contributed by atoms with Crippen molar-refractivity contribution in [3.05, 3.63) is 18.5 Å². The van der Waals surface area contributed by atoms with Gasteiger partial charge >= 0.3 is 0 Å². The summed E-state index contributed by atoms with van der Waals surface area (Å²) >= 11 is 1.81. The van der Waals surface area contributed by atoms with E-state index in [9.17, 15) is 0 Å². The van der Waals surface area contributed by atoms with Gasteiger partial charge in [0.05, 0.1) is 13.1 Å². The highest BCUT2D eigenvalue weighted by atomic mass is 32.2. The average Bonchev–Trinajstić information content (AvgIpc) is 2.71. The molecule has 0 saturated carbocycles. The van der Waals surface area contributed by atoms with Crippen LogP contribution in [0.5, 0.6) is 0 Å². The molecule has 4 nitrogen and oxygen atoms in total. The Bertz CT molecular complexity index is 320. The van der Waals surface area contributed by atoms with Crippen molar-refractivity contribution in [1.29, 1.82) is 0 Å². The van der Waals surface area contributed by atoms with Crippen molar-refractivity contribution in [1.82, 2.24) is 15.1 Å². The largest absolute Gasteiger partial charge is 0.362 e. The second-order valence-electron chi connectivity index (χ2n) is 3.64. The van der Waals surface area contributed by atoms with E-state index < -0.39 is 0 Å². The molecule has 5 heteroatoms. The molecule has 1 unspecified atom stereocenters. The lowest BCUT2D eigenvalue weighted by molar-refractivity contribution is 0.616. The quantitative estimate of drug-likeness (QED) is 0.843. The lowest BCUT2D eigenvalue weighted by Crippen LogP contribution is -2.35. The van der Waals surface area contributed by atoms with Crippen molar-refractivity contribution in [2.24, 2.45) is 4.99 Å². The van der Waals surface area contributed by atoms with Crippen LogP contribution in [0, 0.1) is 0 Å². The molecule has 0 radical (unpaired) electrons. The molecule has 82 valence electrons. The van der Waals surface area contributed by atoms with Crippen molar-refractivity contribution < 1.29 is 0 Å². The highest BCUT2D eigenvalue weighted by Gasteiger charge is 2.12. The van der Waals surface area contributed by atoms with E-state index in [-0.39, 0.29) is 0 Å². The van der Waals surface area contributed by atoms with Gasteiger partial charge in [0.2, 0.25) is 0 Å². The minimum Gasteiger partial charge on any atom is -0.362 e. The molecule has 2 heterocycles. The van der Waals surface area contributed by atoms with E-state index in [1.54, 1.807) is 6.20 Å². The molecule has 0 spiro atoms. The Morgan fingerprint density at radius 2 is 2.67 bits per heavy atom. The maximum atomic E-state index is 4.52. The Kier molecular flexibility index (Phi) is 3.66. The smallest absolute Gasteiger partial charge is 0.156 e. The average molecular weight is 224 g/mol. The van der Waals surface area contributed by atoms with Crippen molar-refractivity contribution in [2.45, 2.75) is 25.9 Å². The fraction of sp³-hybridized carbons (Fsp3) is 0.600. The Morgan fingerprint density at radius 1 is 1.73 bits per heavy atom. The predicted molar refractivity (Wildman–Crippen MR) is 64.2 cm³/mol. The molecule has 1 aliphatic heterocycles. The SMILES string of the molecule is CC1CCSC(=NCCn2cccn2)N1. The van der Waals surface area contributed by atoms with Gasteiger partial charge in [-0.2, -0.15) is 5.10 Å². The van der Waals surface area contributed by atoms with Gasteiger partial charge < -0.3 is 5.32 Å². The predicted octanol–water partition coefficient (Wildman–Crippen LogP) is 1.35. The molecule has 1 atom stereocenters. The summed E-state index contributed by atoms with van der Waals surface area (Å²) in [6.07, 6.45) is 4.98. The fourth-order valence-corrected chi connectivity index (χ4v) is 2.57. The van der Waals surface area contributed by atoms with Gasteiger partial charge in [-0.05, 0) is 19.4 Å². The number of hydrogen-bond donors (Lipinski definition) is 1. The topological polar surface area (TPSA) is 42.2 Å². The summed E-state index contributed by atoms with van der Waals surface area (Å²) in [6, 6.07) is 2.50. The van der Waals surface area contributed by atoms with Crippen molar-refractivity contribution in [3.63, 3.8) is 0 Å². The minimum absolute atomic E-state index is 0.565. The van der Waals surface area contributed by atoms with Crippen LogP contribution >= 0.6 is 11.8 Å². The van der Waals surface area contributed by atoms with Gasteiger partial charge in [-0.15, -0.1) is 0 Å². The molecular weight excluding hydrogens is 208 g/mol. The molecule has 1 aliphatic rings. The first-order valence-electron chi connectivity index (χ1n) is 5.26. The van der Waals surface area contributed by atoms with E-state index >= 15 is 0 Å². The maximum Gasteiger partial charge on any atom is 0.156 e. The zero-order valence-electron chi connectivity index (χ0n) is 8.89. The third kappa shape index (κ3) is 3.27. The van der Waals surface area contributed by atoms with Crippen LogP contribution in [0.3, 0.4) is 0 Å². The monoisotopic (exact) mass is 224 g/mol. The lowest BCUT2D eigenvalue weighted by Gasteiger charge is -2.21. The summed E-state index contributed by atoms with van der Waals surface area (Å²) in [4.78, 5) is 4.52. The zero-order chi connectivity index (χ0) is 10.5.